The van der Waals surface area contributed by atoms with Gasteiger partial charge in [0.15, 0.2) is 0 Å². The van der Waals surface area contributed by atoms with Gasteiger partial charge in [-0.2, -0.15) is 0 Å². The number of carbonyl (C=O) groups excluding carboxylic acids is 1. The Balaban J connectivity index is 1.81. The third kappa shape index (κ3) is 4.13. The fourth-order valence-electron chi connectivity index (χ4n) is 2.53. The summed E-state index contributed by atoms with van der Waals surface area (Å²) in [5.74, 6) is 0.445. The zero-order chi connectivity index (χ0) is 14.5. The minimum atomic E-state index is -0.434. The third-order valence-electron chi connectivity index (χ3n) is 3.80. The van der Waals surface area contributed by atoms with Crippen molar-refractivity contribution in [1.82, 2.24) is 5.32 Å². The van der Waals surface area contributed by atoms with Gasteiger partial charge in [0, 0.05) is 10.9 Å². The van der Waals surface area contributed by atoms with Gasteiger partial charge in [-0.05, 0) is 37.0 Å². The Hall–Kier alpha value is -1.23. The van der Waals surface area contributed by atoms with Gasteiger partial charge >= 0.3 is 0 Å². The Labute approximate surface area is 123 Å². The van der Waals surface area contributed by atoms with Crippen molar-refractivity contribution >= 4 is 23.4 Å². The van der Waals surface area contributed by atoms with Crippen LogP contribution in [0.3, 0.4) is 0 Å². The molecule has 0 spiro atoms. The second kappa shape index (κ2) is 6.97. The first-order valence-corrected chi connectivity index (χ1v) is 8.02. The Bertz CT molecular complexity index is 481. The van der Waals surface area contributed by atoms with Crippen molar-refractivity contribution < 1.29 is 9.18 Å². The molecule has 1 amide bonds. The van der Waals surface area contributed by atoms with E-state index >= 15 is 0 Å². The Morgan fingerprint density at radius 3 is 2.90 bits per heavy atom. The van der Waals surface area contributed by atoms with Gasteiger partial charge < -0.3 is 11.1 Å². The highest BCUT2D eigenvalue weighted by Crippen LogP contribution is 2.25. The topological polar surface area (TPSA) is 55.1 Å². The summed E-state index contributed by atoms with van der Waals surface area (Å²) in [7, 11) is 0. The van der Waals surface area contributed by atoms with Crippen LogP contribution >= 0.6 is 11.8 Å². The maximum Gasteiger partial charge on any atom is 0.230 e. The molecule has 110 valence electrons. The molecule has 0 heterocycles. The van der Waals surface area contributed by atoms with E-state index < -0.39 is 5.82 Å². The lowest BCUT2D eigenvalue weighted by atomic mass is 9.86. The first-order valence-electron chi connectivity index (χ1n) is 7.03. The van der Waals surface area contributed by atoms with Crippen LogP contribution in [0, 0.1) is 11.7 Å². The average molecular weight is 296 g/mol. The molecule has 3 N–H and O–H groups in total. The average Bonchev–Trinajstić information content (AvgIpc) is 2.43. The summed E-state index contributed by atoms with van der Waals surface area (Å²) >= 11 is 1.33. The van der Waals surface area contributed by atoms with Gasteiger partial charge in [0.1, 0.15) is 5.82 Å². The van der Waals surface area contributed by atoms with Crippen LogP contribution in [0.5, 0.6) is 0 Å². The molecule has 0 radical (unpaired) electrons. The van der Waals surface area contributed by atoms with Crippen LogP contribution < -0.4 is 11.1 Å². The van der Waals surface area contributed by atoms with Crippen molar-refractivity contribution in [2.45, 2.75) is 43.5 Å². The third-order valence-corrected chi connectivity index (χ3v) is 4.79. The quantitative estimate of drug-likeness (QED) is 0.662. The predicted octanol–water partition coefficient (Wildman–Crippen LogP) is 3.19. The van der Waals surface area contributed by atoms with Crippen molar-refractivity contribution in [3.05, 3.63) is 24.0 Å². The molecule has 2 unspecified atom stereocenters. The minimum absolute atomic E-state index is 0.0194. The first-order chi connectivity index (χ1) is 9.56. The molecule has 20 heavy (non-hydrogen) atoms. The molecule has 0 aromatic heterocycles. The van der Waals surface area contributed by atoms with E-state index in [9.17, 15) is 9.18 Å². The van der Waals surface area contributed by atoms with Crippen molar-refractivity contribution in [2.24, 2.45) is 5.92 Å². The monoisotopic (exact) mass is 296 g/mol. The van der Waals surface area contributed by atoms with Crippen LogP contribution in [0.1, 0.15) is 32.6 Å². The van der Waals surface area contributed by atoms with E-state index in [4.69, 9.17) is 5.73 Å². The highest BCUT2D eigenvalue weighted by atomic mass is 32.2. The number of thioether (sulfide) groups is 1. The number of amides is 1. The lowest BCUT2D eigenvalue weighted by Gasteiger charge is -2.29. The van der Waals surface area contributed by atoms with Crippen LogP contribution in [0.15, 0.2) is 23.1 Å². The van der Waals surface area contributed by atoms with Gasteiger partial charge in [-0.25, -0.2) is 4.39 Å². The summed E-state index contributed by atoms with van der Waals surface area (Å²) in [6.45, 7) is 2.19. The molecule has 0 saturated heterocycles. The number of benzene rings is 1. The van der Waals surface area contributed by atoms with E-state index in [0.29, 0.717) is 17.7 Å². The molecule has 2 atom stereocenters. The zero-order valence-electron chi connectivity index (χ0n) is 11.7. The summed E-state index contributed by atoms with van der Waals surface area (Å²) in [5.41, 5.74) is 5.55. The van der Waals surface area contributed by atoms with Crippen molar-refractivity contribution in [1.29, 1.82) is 0 Å². The Kier molecular flexibility index (Phi) is 5.29. The standard InChI is InChI=1S/C15H21FN2OS/c1-10-4-2-3-5-14(10)18-15(19)9-20-11-6-7-13(17)12(16)8-11/h6-8,10,14H,2-5,9,17H2,1H3,(H,18,19). The fourth-order valence-corrected chi connectivity index (χ4v) is 3.26. The smallest absolute Gasteiger partial charge is 0.230 e. The molecule has 1 aromatic carbocycles. The number of hydrogen-bond acceptors (Lipinski definition) is 3. The number of nitrogen functional groups attached to an aromatic ring is 1. The van der Waals surface area contributed by atoms with Gasteiger partial charge in [0.2, 0.25) is 5.91 Å². The first kappa shape index (κ1) is 15.2. The molecule has 3 nitrogen and oxygen atoms in total. The molecule has 1 aliphatic rings. The second-order valence-electron chi connectivity index (χ2n) is 5.41. The maximum absolute atomic E-state index is 13.3. The Morgan fingerprint density at radius 1 is 1.45 bits per heavy atom. The van der Waals surface area contributed by atoms with Crippen molar-refractivity contribution in [3.8, 4) is 0 Å². The SMILES string of the molecule is CC1CCCCC1NC(=O)CSc1ccc(N)c(F)c1. The van der Waals surface area contributed by atoms with Gasteiger partial charge in [0.25, 0.3) is 0 Å². The fraction of sp³-hybridized carbons (Fsp3) is 0.533. The molecule has 1 saturated carbocycles. The molecule has 0 aliphatic heterocycles. The van der Waals surface area contributed by atoms with Crippen LogP contribution in [0.4, 0.5) is 10.1 Å². The number of rotatable bonds is 4. The molecule has 1 fully saturated rings. The van der Waals surface area contributed by atoms with Gasteiger partial charge in [0.05, 0.1) is 11.4 Å². The number of anilines is 1. The number of halogens is 1. The lowest BCUT2D eigenvalue weighted by molar-refractivity contribution is -0.119. The van der Waals surface area contributed by atoms with E-state index in [-0.39, 0.29) is 11.6 Å². The van der Waals surface area contributed by atoms with Crippen LogP contribution in [0.2, 0.25) is 0 Å². The molecular weight excluding hydrogens is 275 g/mol. The molecular formula is C15H21FN2OS. The van der Waals surface area contributed by atoms with Gasteiger partial charge in [-0.3, -0.25) is 4.79 Å². The molecule has 0 bridgehead atoms. The van der Waals surface area contributed by atoms with E-state index in [1.165, 1.54) is 43.2 Å². The maximum atomic E-state index is 13.3. The number of nitrogens with two attached hydrogens (primary N) is 1. The van der Waals surface area contributed by atoms with E-state index in [1.54, 1.807) is 6.07 Å². The molecule has 1 aromatic rings. The summed E-state index contributed by atoms with van der Waals surface area (Å²) in [6, 6.07) is 4.93. The van der Waals surface area contributed by atoms with E-state index in [1.807, 2.05) is 0 Å². The van der Waals surface area contributed by atoms with Crippen LogP contribution in [-0.4, -0.2) is 17.7 Å². The lowest BCUT2D eigenvalue weighted by Crippen LogP contribution is -2.41. The largest absolute Gasteiger partial charge is 0.396 e. The summed E-state index contributed by atoms with van der Waals surface area (Å²) in [5, 5.41) is 3.09. The summed E-state index contributed by atoms with van der Waals surface area (Å²) in [4.78, 5) is 12.7. The molecule has 1 aliphatic carbocycles. The molecule has 5 heteroatoms. The minimum Gasteiger partial charge on any atom is -0.396 e. The van der Waals surface area contributed by atoms with Crippen LogP contribution in [-0.2, 0) is 4.79 Å². The second-order valence-corrected chi connectivity index (χ2v) is 6.46. The predicted molar refractivity (Wildman–Crippen MR) is 81.1 cm³/mol. The van der Waals surface area contributed by atoms with Gasteiger partial charge in [-0.15, -0.1) is 11.8 Å². The van der Waals surface area contributed by atoms with Crippen molar-refractivity contribution in [2.75, 3.05) is 11.5 Å². The highest BCUT2D eigenvalue weighted by molar-refractivity contribution is 8.00. The van der Waals surface area contributed by atoms with E-state index in [2.05, 4.69) is 12.2 Å². The normalized spacial score (nSPS) is 22.5. The Morgan fingerprint density at radius 2 is 2.20 bits per heavy atom. The van der Waals surface area contributed by atoms with E-state index in [0.717, 1.165) is 11.3 Å². The highest BCUT2D eigenvalue weighted by Gasteiger charge is 2.22. The van der Waals surface area contributed by atoms with Gasteiger partial charge in [-0.1, -0.05) is 19.8 Å². The zero-order valence-corrected chi connectivity index (χ0v) is 12.5. The molecule has 2 rings (SSSR count). The summed E-state index contributed by atoms with van der Waals surface area (Å²) in [6.07, 6.45) is 4.69. The van der Waals surface area contributed by atoms with Crippen LogP contribution in [0.25, 0.3) is 0 Å². The summed E-state index contributed by atoms with van der Waals surface area (Å²) < 4.78 is 13.3. The number of nitrogens with one attached hydrogen (secondary N) is 1. The number of carbonyl (C=O) groups is 1. The van der Waals surface area contributed by atoms with Crippen molar-refractivity contribution in [3.63, 3.8) is 0 Å². The number of hydrogen-bond donors (Lipinski definition) is 2.